The van der Waals surface area contributed by atoms with Crippen molar-refractivity contribution in [3.8, 4) is 11.3 Å². The van der Waals surface area contributed by atoms with Crippen LogP contribution in [0.2, 0.25) is 0 Å². The van der Waals surface area contributed by atoms with Gasteiger partial charge in [0.2, 0.25) is 0 Å². The third kappa shape index (κ3) is 2.75. The van der Waals surface area contributed by atoms with Gasteiger partial charge in [-0.1, -0.05) is 5.21 Å². The Bertz CT molecular complexity index is 556. The molecule has 0 aliphatic heterocycles. The van der Waals surface area contributed by atoms with E-state index in [9.17, 15) is 9.18 Å². The molecule has 0 bridgehead atoms. The summed E-state index contributed by atoms with van der Waals surface area (Å²) >= 11 is 0. The van der Waals surface area contributed by atoms with Gasteiger partial charge in [0, 0.05) is 18.0 Å². The van der Waals surface area contributed by atoms with Crippen molar-refractivity contribution in [2.24, 2.45) is 0 Å². The first-order chi connectivity index (χ1) is 9.27. The number of ether oxygens (including phenoxy) is 1. The lowest BCUT2D eigenvalue weighted by Crippen LogP contribution is -2.09. The number of rotatable bonds is 5. The summed E-state index contributed by atoms with van der Waals surface area (Å²) < 4.78 is 18.8. The van der Waals surface area contributed by atoms with Gasteiger partial charge < -0.3 is 4.74 Å². The molecule has 7 heteroatoms. The highest BCUT2D eigenvalue weighted by Gasteiger charge is 2.22. The van der Waals surface area contributed by atoms with Crippen LogP contribution in [0.4, 0.5) is 4.39 Å². The molecule has 0 spiro atoms. The Morgan fingerprint density at radius 2 is 2.37 bits per heavy atom. The lowest BCUT2D eigenvalue weighted by atomic mass is 10.1. The molecule has 2 rings (SSSR count). The van der Waals surface area contributed by atoms with Crippen molar-refractivity contribution in [1.29, 1.82) is 0 Å². The minimum Gasteiger partial charge on any atom is -0.461 e. The van der Waals surface area contributed by atoms with Crippen LogP contribution in [-0.2, 0) is 11.3 Å². The van der Waals surface area contributed by atoms with E-state index >= 15 is 0 Å². The molecular formula is C12H13FN4O2. The molecule has 0 N–H and O–H groups in total. The van der Waals surface area contributed by atoms with E-state index in [1.807, 2.05) is 0 Å². The molecule has 2 aromatic heterocycles. The van der Waals surface area contributed by atoms with Crippen LogP contribution < -0.4 is 0 Å². The topological polar surface area (TPSA) is 69.9 Å². The molecular weight excluding hydrogens is 251 g/mol. The van der Waals surface area contributed by atoms with E-state index in [2.05, 4.69) is 15.3 Å². The van der Waals surface area contributed by atoms with Crippen LogP contribution in [0, 0.1) is 0 Å². The second kappa shape index (κ2) is 6.03. The largest absolute Gasteiger partial charge is 0.461 e. The van der Waals surface area contributed by atoms with Gasteiger partial charge in [0.05, 0.1) is 13.2 Å². The van der Waals surface area contributed by atoms with Gasteiger partial charge in [-0.15, -0.1) is 5.10 Å². The molecule has 0 saturated heterocycles. The number of hydrogen-bond donors (Lipinski definition) is 0. The lowest BCUT2D eigenvalue weighted by Gasteiger charge is -2.05. The van der Waals surface area contributed by atoms with Crippen molar-refractivity contribution in [2.75, 3.05) is 13.3 Å². The third-order valence-electron chi connectivity index (χ3n) is 2.44. The van der Waals surface area contributed by atoms with Crippen molar-refractivity contribution in [3.05, 3.63) is 30.2 Å². The highest BCUT2D eigenvalue weighted by molar-refractivity contribution is 5.93. The quantitative estimate of drug-likeness (QED) is 0.765. The number of aryl methyl sites for hydroxylation is 1. The van der Waals surface area contributed by atoms with Gasteiger partial charge in [-0.3, -0.25) is 4.98 Å². The van der Waals surface area contributed by atoms with Gasteiger partial charge in [0.15, 0.2) is 5.69 Å². The van der Waals surface area contributed by atoms with Crippen molar-refractivity contribution in [2.45, 2.75) is 13.5 Å². The summed E-state index contributed by atoms with van der Waals surface area (Å²) in [6.45, 7) is 1.37. The maximum atomic E-state index is 12.5. The standard InChI is InChI=1S/C12H13FN4O2/c1-2-19-12(18)10-11(9-4-3-6-14-8-9)17(7-5-13)16-15-10/h3-4,6,8H,2,5,7H2,1H3. The Morgan fingerprint density at radius 3 is 3.00 bits per heavy atom. The zero-order chi connectivity index (χ0) is 13.7. The van der Waals surface area contributed by atoms with Crippen LogP contribution in [0.15, 0.2) is 24.5 Å². The zero-order valence-corrected chi connectivity index (χ0v) is 10.4. The molecule has 0 atom stereocenters. The Kier molecular flexibility index (Phi) is 4.17. The zero-order valence-electron chi connectivity index (χ0n) is 10.4. The average Bonchev–Trinajstić information content (AvgIpc) is 2.84. The fourth-order valence-corrected chi connectivity index (χ4v) is 1.68. The van der Waals surface area contributed by atoms with Crippen LogP contribution in [0.25, 0.3) is 11.3 Å². The van der Waals surface area contributed by atoms with Crippen LogP contribution in [0.1, 0.15) is 17.4 Å². The van der Waals surface area contributed by atoms with Crippen LogP contribution in [-0.4, -0.2) is 39.2 Å². The molecule has 2 heterocycles. The highest BCUT2D eigenvalue weighted by Crippen LogP contribution is 2.21. The normalized spacial score (nSPS) is 10.4. The number of hydrogen-bond acceptors (Lipinski definition) is 5. The number of nitrogens with zero attached hydrogens (tertiary/aromatic N) is 4. The monoisotopic (exact) mass is 264 g/mol. The Labute approximate surface area is 109 Å². The molecule has 2 aromatic rings. The minimum atomic E-state index is -0.598. The number of pyridine rings is 1. The van der Waals surface area contributed by atoms with E-state index in [1.54, 1.807) is 31.5 Å². The molecule has 0 aliphatic carbocycles. The Hall–Kier alpha value is -2.31. The van der Waals surface area contributed by atoms with Crippen LogP contribution in [0.3, 0.4) is 0 Å². The van der Waals surface area contributed by atoms with Gasteiger partial charge in [-0.05, 0) is 19.1 Å². The number of alkyl halides is 1. The molecule has 0 aromatic carbocycles. The van der Waals surface area contributed by atoms with Gasteiger partial charge >= 0.3 is 5.97 Å². The third-order valence-corrected chi connectivity index (χ3v) is 2.44. The number of carbonyl (C=O) groups is 1. The van der Waals surface area contributed by atoms with E-state index in [1.165, 1.54) is 4.68 Å². The molecule has 19 heavy (non-hydrogen) atoms. The maximum Gasteiger partial charge on any atom is 0.361 e. The summed E-state index contributed by atoms with van der Waals surface area (Å²) in [6.07, 6.45) is 3.17. The molecule has 0 aliphatic rings. The first kappa shape index (κ1) is 13.1. The number of halogens is 1. The minimum absolute atomic E-state index is 0.0244. The summed E-state index contributed by atoms with van der Waals surface area (Å²) in [4.78, 5) is 15.8. The van der Waals surface area contributed by atoms with E-state index in [0.717, 1.165) is 0 Å². The molecule has 0 radical (unpaired) electrons. The molecule has 0 fully saturated rings. The predicted octanol–water partition coefficient (Wildman–Crippen LogP) is 1.49. The fourth-order valence-electron chi connectivity index (χ4n) is 1.68. The first-order valence-corrected chi connectivity index (χ1v) is 5.85. The fraction of sp³-hybridized carbons (Fsp3) is 0.333. The summed E-state index contributed by atoms with van der Waals surface area (Å²) in [6, 6.07) is 3.47. The van der Waals surface area contributed by atoms with E-state index in [4.69, 9.17) is 4.74 Å². The SMILES string of the molecule is CCOC(=O)c1nnn(CCF)c1-c1cccnc1. The van der Waals surface area contributed by atoms with Gasteiger partial charge in [-0.25, -0.2) is 13.9 Å². The molecule has 0 unspecified atom stereocenters. The van der Waals surface area contributed by atoms with Gasteiger partial charge in [0.1, 0.15) is 12.4 Å². The smallest absolute Gasteiger partial charge is 0.361 e. The second-order valence-corrected chi connectivity index (χ2v) is 3.66. The van der Waals surface area contributed by atoms with Gasteiger partial charge in [0.25, 0.3) is 0 Å². The van der Waals surface area contributed by atoms with Crippen LogP contribution >= 0.6 is 0 Å². The molecule has 100 valence electrons. The summed E-state index contributed by atoms with van der Waals surface area (Å²) in [5.41, 5.74) is 1.14. The van der Waals surface area contributed by atoms with E-state index < -0.39 is 12.6 Å². The summed E-state index contributed by atoms with van der Waals surface area (Å²) in [5, 5.41) is 7.56. The lowest BCUT2D eigenvalue weighted by molar-refractivity contribution is 0.0520. The number of carbonyl (C=O) groups excluding carboxylic acids is 1. The highest BCUT2D eigenvalue weighted by atomic mass is 19.1. The number of aromatic nitrogens is 4. The van der Waals surface area contributed by atoms with Crippen molar-refractivity contribution >= 4 is 5.97 Å². The van der Waals surface area contributed by atoms with Crippen molar-refractivity contribution < 1.29 is 13.9 Å². The van der Waals surface area contributed by atoms with Crippen molar-refractivity contribution in [3.63, 3.8) is 0 Å². The summed E-state index contributed by atoms with van der Waals surface area (Å²) in [5.74, 6) is -0.577. The molecule has 0 saturated carbocycles. The van der Waals surface area contributed by atoms with Gasteiger partial charge in [-0.2, -0.15) is 0 Å². The first-order valence-electron chi connectivity index (χ1n) is 5.85. The molecule has 0 amide bonds. The van der Waals surface area contributed by atoms with Crippen LogP contribution in [0.5, 0.6) is 0 Å². The predicted molar refractivity (Wildman–Crippen MR) is 65.2 cm³/mol. The van der Waals surface area contributed by atoms with E-state index in [0.29, 0.717) is 11.3 Å². The number of esters is 1. The second-order valence-electron chi connectivity index (χ2n) is 3.66. The Morgan fingerprint density at radius 1 is 1.53 bits per heavy atom. The summed E-state index contributed by atoms with van der Waals surface area (Å²) in [7, 11) is 0. The average molecular weight is 264 g/mol. The maximum absolute atomic E-state index is 12.5. The Balaban J connectivity index is 2.48. The van der Waals surface area contributed by atoms with E-state index in [-0.39, 0.29) is 18.8 Å². The molecule has 6 nitrogen and oxygen atoms in total. The van der Waals surface area contributed by atoms with Crippen molar-refractivity contribution in [1.82, 2.24) is 20.0 Å².